The van der Waals surface area contributed by atoms with Gasteiger partial charge in [0.05, 0.1) is 5.69 Å². The van der Waals surface area contributed by atoms with Gasteiger partial charge in [0.2, 0.25) is 0 Å². The number of nitrogens with one attached hydrogen (secondary N) is 1. The van der Waals surface area contributed by atoms with Crippen molar-refractivity contribution in [2.24, 2.45) is 5.73 Å². The maximum Gasteiger partial charge on any atom is 0.126 e. The van der Waals surface area contributed by atoms with Gasteiger partial charge >= 0.3 is 0 Å². The van der Waals surface area contributed by atoms with E-state index in [0.717, 1.165) is 18.2 Å². The minimum atomic E-state index is -0.603. The molecule has 0 spiro atoms. The number of hydrogen-bond acceptors (Lipinski definition) is 4. The third-order valence-electron chi connectivity index (χ3n) is 4.84. The van der Waals surface area contributed by atoms with Crippen LogP contribution in [0.2, 0.25) is 0 Å². The summed E-state index contributed by atoms with van der Waals surface area (Å²) in [6.45, 7) is 3.40. The molecule has 2 unspecified atom stereocenters. The van der Waals surface area contributed by atoms with Gasteiger partial charge < -0.3 is 15.6 Å². The second-order valence-electron chi connectivity index (χ2n) is 6.98. The van der Waals surface area contributed by atoms with Crippen LogP contribution in [0.15, 0.2) is 59.3 Å². The summed E-state index contributed by atoms with van der Waals surface area (Å²) in [4.78, 5) is 0. The van der Waals surface area contributed by atoms with Crippen LogP contribution in [0.5, 0.6) is 0 Å². The summed E-state index contributed by atoms with van der Waals surface area (Å²) >= 11 is 0. The van der Waals surface area contributed by atoms with Crippen LogP contribution in [0.1, 0.15) is 35.2 Å². The van der Waals surface area contributed by atoms with E-state index in [-0.39, 0.29) is 12.0 Å². The minimum absolute atomic E-state index is 0.153. The van der Waals surface area contributed by atoms with E-state index in [0.29, 0.717) is 25.1 Å². The van der Waals surface area contributed by atoms with E-state index in [1.54, 1.807) is 6.07 Å². The lowest BCUT2D eigenvalue weighted by molar-refractivity contribution is 0.389. The lowest BCUT2D eigenvalue weighted by Crippen LogP contribution is -2.37. The van der Waals surface area contributed by atoms with Crippen LogP contribution in [-0.4, -0.2) is 17.7 Å². The van der Waals surface area contributed by atoms with Gasteiger partial charge in [-0.2, -0.15) is 0 Å². The third-order valence-corrected chi connectivity index (χ3v) is 4.84. The molecule has 0 aliphatic heterocycles. The normalized spacial score (nSPS) is 13.4. The molecule has 0 bridgehead atoms. The highest BCUT2D eigenvalue weighted by atomic mass is 19.1. The highest BCUT2D eigenvalue weighted by molar-refractivity contribution is 5.24. The van der Waals surface area contributed by atoms with Crippen molar-refractivity contribution in [3.8, 4) is 0 Å². The first-order valence-electron chi connectivity index (χ1n) is 9.44. The Morgan fingerprint density at radius 3 is 2.46 bits per heavy atom. The van der Waals surface area contributed by atoms with Crippen LogP contribution >= 0.6 is 0 Å². The van der Waals surface area contributed by atoms with E-state index in [4.69, 9.17) is 10.3 Å². The largest absolute Gasteiger partial charge is 0.364 e. The predicted molar refractivity (Wildman–Crippen MR) is 105 cm³/mol. The summed E-state index contributed by atoms with van der Waals surface area (Å²) < 4.78 is 31.9. The minimum Gasteiger partial charge on any atom is -0.364 e. The fourth-order valence-electron chi connectivity index (χ4n) is 3.36. The third kappa shape index (κ3) is 5.47. The van der Waals surface area contributed by atoms with Gasteiger partial charge in [-0.05, 0) is 41.7 Å². The summed E-state index contributed by atoms with van der Waals surface area (Å²) in [6, 6.07) is 13.3. The first-order valence-corrected chi connectivity index (χ1v) is 9.44. The van der Waals surface area contributed by atoms with Crippen LogP contribution < -0.4 is 11.1 Å². The van der Waals surface area contributed by atoms with Crippen molar-refractivity contribution in [1.29, 1.82) is 0 Å². The molecule has 0 aliphatic carbocycles. The first kappa shape index (κ1) is 20.2. The zero-order valence-corrected chi connectivity index (χ0v) is 15.9. The van der Waals surface area contributed by atoms with Gasteiger partial charge in [-0.3, -0.25) is 0 Å². The Hall–Kier alpha value is -2.57. The molecule has 2 aromatic carbocycles. The van der Waals surface area contributed by atoms with E-state index in [1.165, 1.54) is 29.5 Å². The Bertz CT molecular complexity index is 863. The summed E-state index contributed by atoms with van der Waals surface area (Å²) in [5, 5.41) is 7.45. The number of nitrogens with two attached hydrogens (primary N) is 1. The standard InChI is InChI=1S/C22H25F2N3O/c1-2-15-4-3-5-16(8-15)13-26-14-20(22-6-7-28-27-22)21(25)11-17-9-18(23)12-19(24)10-17/h3-10,12,20-21,26H,2,11,13-14,25H2,1H3. The topological polar surface area (TPSA) is 64.1 Å². The van der Waals surface area contributed by atoms with Gasteiger partial charge in [0.25, 0.3) is 0 Å². The Morgan fingerprint density at radius 2 is 1.79 bits per heavy atom. The molecule has 28 heavy (non-hydrogen) atoms. The second-order valence-corrected chi connectivity index (χ2v) is 6.98. The molecule has 2 atom stereocenters. The van der Waals surface area contributed by atoms with E-state index in [1.807, 2.05) is 0 Å². The second kappa shape index (κ2) is 9.57. The van der Waals surface area contributed by atoms with Crippen LogP contribution in [0.25, 0.3) is 0 Å². The molecule has 3 rings (SSSR count). The van der Waals surface area contributed by atoms with Crippen LogP contribution in [0.3, 0.4) is 0 Å². The number of nitrogens with zero attached hydrogens (tertiary/aromatic N) is 1. The van der Waals surface area contributed by atoms with Crippen molar-refractivity contribution in [2.75, 3.05) is 6.54 Å². The number of benzene rings is 2. The number of hydrogen-bond donors (Lipinski definition) is 2. The molecule has 0 amide bonds. The Morgan fingerprint density at radius 1 is 1.04 bits per heavy atom. The van der Waals surface area contributed by atoms with Crippen LogP contribution in [0, 0.1) is 11.6 Å². The predicted octanol–water partition coefficient (Wildman–Crippen LogP) is 3.96. The Kier molecular flexibility index (Phi) is 6.90. The number of halogens is 2. The van der Waals surface area contributed by atoms with Gasteiger partial charge in [0, 0.05) is 37.2 Å². The average Bonchev–Trinajstić information content (AvgIpc) is 3.18. The fourth-order valence-corrected chi connectivity index (χ4v) is 3.36. The fraction of sp³-hybridized carbons (Fsp3) is 0.318. The molecule has 1 aromatic heterocycles. The highest BCUT2D eigenvalue weighted by Gasteiger charge is 2.23. The lowest BCUT2D eigenvalue weighted by Gasteiger charge is -2.23. The molecule has 0 aliphatic rings. The van der Waals surface area contributed by atoms with E-state index in [2.05, 4.69) is 41.7 Å². The van der Waals surface area contributed by atoms with Crippen molar-refractivity contribution in [1.82, 2.24) is 10.5 Å². The van der Waals surface area contributed by atoms with Gasteiger partial charge in [-0.1, -0.05) is 36.3 Å². The van der Waals surface area contributed by atoms with Gasteiger partial charge in [0.1, 0.15) is 17.9 Å². The maximum atomic E-state index is 13.5. The number of aromatic nitrogens is 1. The van der Waals surface area contributed by atoms with Crippen molar-refractivity contribution in [3.63, 3.8) is 0 Å². The molecule has 0 saturated carbocycles. The summed E-state index contributed by atoms with van der Waals surface area (Å²) in [5.74, 6) is -1.36. The molecule has 1 heterocycles. The van der Waals surface area contributed by atoms with Gasteiger partial charge in [-0.25, -0.2) is 8.78 Å². The molecule has 148 valence electrons. The molecule has 3 aromatic rings. The van der Waals surface area contributed by atoms with Crippen LogP contribution in [0.4, 0.5) is 8.78 Å². The maximum absolute atomic E-state index is 13.5. The van der Waals surface area contributed by atoms with Crippen molar-refractivity contribution in [2.45, 2.75) is 38.3 Å². The summed E-state index contributed by atoms with van der Waals surface area (Å²) in [5.41, 5.74) is 10.1. The summed E-state index contributed by atoms with van der Waals surface area (Å²) in [7, 11) is 0. The lowest BCUT2D eigenvalue weighted by atomic mass is 9.91. The van der Waals surface area contributed by atoms with Gasteiger partial charge in [0.15, 0.2) is 0 Å². The van der Waals surface area contributed by atoms with Gasteiger partial charge in [-0.15, -0.1) is 0 Å². The molecular weight excluding hydrogens is 360 g/mol. The Balaban J connectivity index is 1.66. The molecule has 0 saturated heterocycles. The average molecular weight is 385 g/mol. The van der Waals surface area contributed by atoms with Crippen molar-refractivity contribution < 1.29 is 13.3 Å². The quantitative estimate of drug-likeness (QED) is 0.585. The highest BCUT2D eigenvalue weighted by Crippen LogP contribution is 2.20. The number of rotatable bonds is 9. The molecule has 0 radical (unpaired) electrons. The summed E-state index contributed by atoms with van der Waals surface area (Å²) in [6.07, 6.45) is 2.82. The first-order chi connectivity index (χ1) is 13.5. The zero-order chi connectivity index (χ0) is 19.9. The molecule has 4 nitrogen and oxygen atoms in total. The smallest absolute Gasteiger partial charge is 0.126 e. The molecule has 3 N–H and O–H groups in total. The molecular formula is C22H25F2N3O. The van der Waals surface area contributed by atoms with Crippen molar-refractivity contribution in [3.05, 3.63) is 88.8 Å². The monoisotopic (exact) mass is 385 g/mol. The Labute approximate surface area is 163 Å². The number of aryl methyl sites for hydroxylation is 1. The zero-order valence-electron chi connectivity index (χ0n) is 15.9. The van der Waals surface area contributed by atoms with E-state index >= 15 is 0 Å². The van der Waals surface area contributed by atoms with Crippen molar-refractivity contribution >= 4 is 0 Å². The van der Waals surface area contributed by atoms with Crippen LogP contribution in [-0.2, 0) is 19.4 Å². The molecule has 0 fully saturated rings. The SMILES string of the molecule is CCc1cccc(CNCC(c2ccon2)C(N)Cc2cc(F)cc(F)c2)c1. The van der Waals surface area contributed by atoms with E-state index < -0.39 is 11.6 Å². The molecule has 6 heteroatoms. The van der Waals surface area contributed by atoms with E-state index in [9.17, 15) is 8.78 Å².